The van der Waals surface area contributed by atoms with E-state index in [0.29, 0.717) is 12.3 Å². The third-order valence-electron chi connectivity index (χ3n) is 3.38. The number of carbonyl (C=O) groups is 1. The summed E-state index contributed by atoms with van der Waals surface area (Å²) in [5.41, 5.74) is 4.82. The first-order valence-corrected chi connectivity index (χ1v) is 7.62. The summed E-state index contributed by atoms with van der Waals surface area (Å²) in [5, 5.41) is 10.9. The van der Waals surface area contributed by atoms with Crippen molar-refractivity contribution in [2.24, 2.45) is 5.10 Å². The second-order valence-electron chi connectivity index (χ2n) is 5.24. The molecule has 126 valence electrons. The van der Waals surface area contributed by atoms with Crippen molar-refractivity contribution in [2.45, 2.75) is 13.5 Å². The SMILES string of the molecule is Cc1nonc1C(=O)N/N=C\c1ccc(OCc2ccccc2)cc1. The Balaban J connectivity index is 1.52. The number of rotatable bonds is 6. The van der Waals surface area contributed by atoms with Crippen molar-refractivity contribution in [3.8, 4) is 5.75 Å². The lowest BCUT2D eigenvalue weighted by atomic mass is 10.2. The molecule has 0 spiro atoms. The quantitative estimate of drug-likeness (QED) is 0.552. The van der Waals surface area contributed by atoms with Gasteiger partial charge in [-0.15, -0.1) is 0 Å². The zero-order chi connectivity index (χ0) is 17.5. The van der Waals surface area contributed by atoms with E-state index < -0.39 is 5.91 Å². The number of nitrogens with zero attached hydrogens (tertiary/aromatic N) is 3. The van der Waals surface area contributed by atoms with Crippen LogP contribution in [-0.2, 0) is 6.61 Å². The average molecular weight is 336 g/mol. The first kappa shape index (κ1) is 16.4. The first-order valence-electron chi connectivity index (χ1n) is 7.62. The molecule has 7 heteroatoms. The van der Waals surface area contributed by atoms with Gasteiger partial charge in [0, 0.05) is 0 Å². The number of hydrazone groups is 1. The van der Waals surface area contributed by atoms with Gasteiger partial charge in [0.15, 0.2) is 5.69 Å². The summed E-state index contributed by atoms with van der Waals surface area (Å²) >= 11 is 0. The number of aryl methyl sites for hydroxylation is 1. The Morgan fingerprint density at radius 1 is 1.16 bits per heavy atom. The van der Waals surface area contributed by atoms with Gasteiger partial charge in [-0.3, -0.25) is 4.79 Å². The van der Waals surface area contributed by atoms with Crippen molar-refractivity contribution in [1.29, 1.82) is 0 Å². The van der Waals surface area contributed by atoms with Gasteiger partial charge in [0.1, 0.15) is 18.1 Å². The molecule has 0 aliphatic rings. The molecule has 3 aromatic rings. The molecule has 0 aliphatic heterocycles. The van der Waals surface area contributed by atoms with Gasteiger partial charge in [-0.1, -0.05) is 35.5 Å². The zero-order valence-electron chi connectivity index (χ0n) is 13.5. The largest absolute Gasteiger partial charge is 0.489 e. The highest BCUT2D eigenvalue weighted by molar-refractivity contribution is 5.93. The van der Waals surface area contributed by atoms with E-state index in [1.807, 2.05) is 54.6 Å². The molecule has 0 aliphatic carbocycles. The minimum Gasteiger partial charge on any atom is -0.489 e. The molecule has 1 amide bonds. The van der Waals surface area contributed by atoms with E-state index in [1.165, 1.54) is 6.21 Å². The molecule has 0 saturated carbocycles. The molecule has 2 aromatic carbocycles. The van der Waals surface area contributed by atoms with Crippen LogP contribution in [0.5, 0.6) is 5.75 Å². The van der Waals surface area contributed by atoms with Crippen LogP contribution in [0, 0.1) is 6.92 Å². The molecule has 1 aromatic heterocycles. The molecule has 0 unspecified atom stereocenters. The minimum absolute atomic E-state index is 0.113. The summed E-state index contributed by atoms with van der Waals surface area (Å²) in [7, 11) is 0. The summed E-state index contributed by atoms with van der Waals surface area (Å²) in [6.45, 7) is 2.14. The van der Waals surface area contributed by atoms with E-state index in [2.05, 4.69) is 25.5 Å². The summed E-state index contributed by atoms with van der Waals surface area (Å²) in [5.74, 6) is 0.284. The lowest BCUT2D eigenvalue weighted by molar-refractivity contribution is 0.0945. The van der Waals surface area contributed by atoms with Gasteiger partial charge in [-0.2, -0.15) is 5.10 Å². The highest BCUT2D eigenvalue weighted by Gasteiger charge is 2.13. The predicted molar refractivity (Wildman–Crippen MR) is 91.3 cm³/mol. The van der Waals surface area contributed by atoms with Crippen molar-refractivity contribution in [3.63, 3.8) is 0 Å². The fourth-order valence-electron chi connectivity index (χ4n) is 2.05. The maximum atomic E-state index is 11.8. The van der Waals surface area contributed by atoms with E-state index in [-0.39, 0.29) is 5.69 Å². The van der Waals surface area contributed by atoms with E-state index in [9.17, 15) is 4.79 Å². The number of nitrogens with one attached hydrogen (secondary N) is 1. The van der Waals surface area contributed by atoms with Crippen LogP contribution in [0.4, 0.5) is 0 Å². The molecule has 25 heavy (non-hydrogen) atoms. The maximum Gasteiger partial charge on any atom is 0.295 e. The van der Waals surface area contributed by atoms with Gasteiger partial charge in [-0.25, -0.2) is 10.1 Å². The standard InChI is InChI=1S/C18H16N4O3/c1-13-17(22-25-21-13)18(23)20-19-11-14-7-9-16(10-8-14)24-12-15-5-3-2-4-6-15/h2-11H,12H2,1H3,(H,20,23)/b19-11-. The molecular weight excluding hydrogens is 320 g/mol. The number of aromatic nitrogens is 2. The second-order valence-corrected chi connectivity index (χ2v) is 5.24. The van der Waals surface area contributed by atoms with E-state index in [4.69, 9.17) is 4.74 Å². The molecule has 0 atom stereocenters. The maximum absolute atomic E-state index is 11.8. The first-order chi connectivity index (χ1) is 12.2. The van der Waals surface area contributed by atoms with E-state index >= 15 is 0 Å². The molecule has 7 nitrogen and oxygen atoms in total. The van der Waals surface area contributed by atoms with Crippen molar-refractivity contribution in [2.75, 3.05) is 0 Å². The summed E-state index contributed by atoms with van der Waals surface area (Å²) in [6.07, 6.45) is 1.53. The predicted octanol–water partition coefficient (Wildman–Crippen LogP) is 2.72. The normalized spacial score (nSPS) is 10.8. The summed E-state index contributed by atoms with van der Waals surface area (Å²) < 4.78 is 10.2. The third-order valence-corrected chi connectivity index (χ3v) is 3.38. The monoisotopic (exact) mass is 336 g/mol. The number of hydrogen-bond acceptors (Lipinski definition) is 6. The van der Waals surface area contributed by atoms with Gasteiger partial charge < -0.3 is 4.74 Å². The summed E-state index contributed by atoms with van der Waals surface area (Å²) in [6, 6.07) is 17.3. The van der Waals surface area contributed by atoms with Crippen LogP contribution in [0.15, 0.2) is 64.3 Å². The van der Waals surface area contributed by atoms with Crippen molar-refractivity contribution < 1.29 is 14.2 Å². The number of benzene rings is 2. The lowest BCUT2D eigenvalue weighted by Crippen LogP contribution is -2.19. The molecule has 0 fully saturated rings. The van der Waals surface area contributed by atoms with Crippen LogP contribution >= 0.6 is 0 Å². The highest BCUT2D eigenvalue weighted by atomic mass is 16.6. The average Bonchev–Trinajstić information content (AvgIpc) is 3.08. The third kappa shape index (κ3) is 4.51. The van der Waals surface area contributed by atoms with Crippen molar-refractivity contribution in [1.82, 2.24) is 15.7 Å². The van der Waals surface area contributed by atoms with E-state index in [1.54, 1.807) is 6.92 Å². The van der Waals surface area contributed by atoms with Gasteiger partial charge in [0.2, 0.25) is 0 Å². The molecular formula is C18H16N4O3. The van der Waals surface area contributed by atoms with Crippen LogP contribution in [0.25, 0.3) is 0 Å². The van der Waals surface area contributed by atoms with Gasteiger partial charge in [0.05, 0.1) is 6.21 Å². The fourth-order valence-corrected chi connectivity index (χ4v) is 2.05. The zero-order valence-corrected chi connectivity index (χ0v) is 13.5. The van der Waals surface area contributed by atoms with E-state index in [0.717, 1.165) is 16.9 Å². The van der Waals surface area contributed by atoms with Crippen LogP contribution in [0.1, 0.15) is 27.3 Å². The Hall–Kier alpha value is -3.48. The number of carbonyl (C=O) groups excluding carboxylic acids is 1. The molecule has 1 N–H and O–H groups in total. The Labute approximate surface area is 144 Å². The van der Waals surface area contributed by atoms with Crippen LogP contribution in [0.3, 0.4) is 0 Å². The lowest BCUT2D eigenvalue weighted by Gasteiger charge is -2.06. The van der Waals surface area contributed by atoms with Gasteiger partial charge in [0.25, 0.3) is 5.91 Å². The Kier molecular flexibility index (Phi) is 5.16. The molecule has 0 radical (unpaired) electrons. The number of amides is 1. The molecule has 1 heterocycles. The topological polar surface area (TPSA) is 89.6 Å². The van der Waals surface area contributed by atoms with Gasteiger partial charge in [-0.05, 0) is 47.5 Å². The van der Waals surface area contributed by atoms with Crippen LogP contribution < -0.4 is 10.2 Å². The Morgan fingerprint density at radius 3 is 2.60 bits per heavy atom. The smallest absolute Gasteiger partial charge is 0.295 e. The fraction of sp³-hybridized carbons (Fsp3) is 0.111. The number of ether oxygens (including phenoxy) is 1. The van der Waals surface area contributed by atoms with Gasteiger partial charge >= 0.3 is 0 Å². The van der Waals surface area contributed by atoms with Crippen LogP contribution in [-0.4, -0.2) is 22.4 Å². The van der Waals surface area contributed by atoms with Crippen molar-refractivity contribution in [3.05, 3.63) is 77.1 Å². The summed E-state index contributed by atoms with van der Waals surface area (Å²) in [4.78, 5) is 11.8. The molecule has 3 rings (SSSR count). The second kappa shape index (κ2) is 7.87. The van der Waals surface area contributed by atoms with Crippen LogP contribution in [0.2, 0.25) is 0 Å². The highest BCUT2D eigenvalue weighted by Crippen LogP contribution is 2.13. The number of hydrogen-bond donors (Lipinski definition) is 1. The Morgan fingerprint density at radius 2 is 1.92 bits per heavy atom. The van der Waals surface area contributed by atoms with Crippen molar-refractivity contribution >= 4 is 12.1 Å². The minimum atomic E-state index is -0.474. The molecule has 0 bridgehead atoms. The molecule has 0 saturated heterocycles. The Bertz CT molecular complexity index is 858.